The van der Waals surface area contributed by atoms with Crippen LogP contribution >= 0.6 is 0 Å². The summed E-state index contributed by atoms with van der Waals surface area (Å²) in [6.07, 6.45) is 0.538. The normalized spacial score (nSPS) is 11.3. The Bertz CT molecular complexity index is 408. The fraction of sp³-hybridized carbons (Fsp3) is 0.308. The summed E-state index contributed by atoms with van der Waals surface area (Å²) in [5, 5.41) is 9.95. The third-order valence-electron chi connectivity index (χ3n) is 2.32. The van der Waals surface area contributed by atoms with Crippen LogP contribution in [0.4, 0.5) is 0 Å². The molecule has 1 aromatic carbocycles. The van der Waals surface area contributed by atoms with Crippen LogP contribution in [-0.4, -0.2) is 26.4 Å². The Balaban J connectivity index is 3.38. The van der Waals surface area contributed by atoms with E-state index in [0.29, 0.717) is 22.8 Å². The Labute approximate surface area is 101 Å². The molecule has 0 aromatic heterocycles. The van der Waals surface area contributed by atoms with E-state index in [-0.39, 0.29) is 0 Å². The highest BCUT2D eigenvalue weighted by Crippen LogP contribution is 2.38. The molecule has 1 atom stereocenters. The average molecular weight is 236 g/mol. The van der Waals surface area contributed by atoms with E-state index < -0.39 is 6.10 Å². The van der Waals surface area contributed by atoms with Crippen molar-refractivity contribution in [1.82, 2.24) is 0 Å². The summed E-state index contributed by atoms with van der Waals surface area (Å²) in [5.41, 5.74) is 3.05. The molecule has 0 aliphatic rings. The average Bonchev–Trinajstić information content (AvgIpc) is 2.37. The van der Waals surface area contributed by atoms with E-state index in [1.54, 1.807) is 19.2 Å². The van der Waals surface area contributed by atoms with Crippen LogP contribution in [0.2, 0.25) is 0 Å². The maximum Gasteiger partial charge on any atom is 0.132 e. The van der Waals surface area contributed by atoms with Crippen LogP contribution in [0.5, 0.6) is 17.2 Å². The van der Waals surface area contributed by atoms with Gasteiger partial charge in [-0.2, -0.15) is 0 Å². The summed E-state index contributed by atoms with van der Waals surface area (Å²) in [5.74, 6) is 1.57. The highest BCUT2D eigenvalue weighted by molar-refractivity contribution is 5.52. The van der Waals surface area contributed by atoms with Crippen molar-refractivity contribution in [2.24, 2.45) is 0 Å². The van der Waals surface area contributed by atoms with Gasteiger partial charge in [-0.25, -0.2) is 0 Å². The van der Waals surface area contributed by atoms with Crippen molar-refractivity contribution in [3.63, 3.8) is 0 Å². The molecule has 1 aromatic rings. The number of methoxy groups -OCH3 is 3. The lowest BCUT2D eigenvalue weighted by Crippen LogP contribution is -2.02. The Hall–Kier alpha value is -1.90. The molecule has 92 valence electrons. The third-order valence-corrected chi connectivity index (χ3v) is 2.32. The predicted molar refractivity (Wildman–Crippen MR) is 64.8 cm³/mol. The van der Waals surface area contributed by atoms with Gasteiger partial charge in [0, 0.05) is 12.1 Å². The van der Waals surface area contributed by atoms with E-state index in [4.69, 9.17) is 14.2 Å². The number of benzene rings is 1. The SMILES string of the molecule is C=C=CC(O)c1c(OC)cc(OC)cc1OC. The monoisotopic (exact) mass is 236 g/mol. The largest absolute Gasteiger partial charge is 0.496 e. The number of hydrogen-bond donors (Lipinski definition) is 1. The molecule has 17 heavy (non-hydrogen) atoms. The van der Waals surface area contributed by atoms with Crippen molar-refractivity contribution in [3.05, 3.63) is 36.1 Å². The molecule has 1 unspecified atom stereocenters. The van der Waals surface area contributed by atoms with Gasteiger partial charge in [0.1, 0.15) is 23.4 Å². The molecule has 0 bridgehead atoms. The first kappa shape index (κ1) is 13.2. The minimum absolute atomic E-state index is 0.486. The standard InChI is InChI=1S/C13H16O4/c1-5-6-10(14)13-11(16-3)7-9(15-2)8-12(13)17-4/h6-8,10,14H,1H2,2-4H3. The molecule has 0 heterocycles. The summed E-state index contributed by atoms with van der Waals surface area (Å²) >= 11 is 0. The fourth-order valence-electron chi connectivity index (χ4n) is 1.52. The molecule has 0 saturated heterocycles. The van der Waals surface area contributed by atoms with Crippen molar-refractivity contribution >= 4 is 0 Å². The fourth-order valence-corrected chi connectivity index (χ4v) is 1.52. The quantitative estimate of drug-likeness (QED) is 0.795. The zero-order valence-corrected chi connectivity index (χ0v) is 10.2. The van der Waals surface area contributed by atoms with Gasteiger partial charge < -0.3 is 19.3 Å². The lowest BCUT2D eigenvalue weighted by molar-refractivity contribution is 0.216. The van der Waals surface area contributed by atoms with Gasteiger partial charge in [0.05, 0.1) is 26.9 Å². The number of aliphatic hydroxyl groups is 1. The van der Waals surface area contributed by atoms with Gasteiger partial charge in [0.25, 0.3) is 0 Å². The minimum Gasteiger partial charge on any atom is -0.496 e. The Morgan fingerprint density at radius 1 is 1.18 bits per heavy atom. The summed E-state index contributed by atoms with van der Waals surface area (Å²) in [6.45, 7) is 3.42. The molecule has 1 N–H and O–H groups in total. The van der Waals surface area contributed by atoms with Gasteiger partial charge >= 0.3 is 0 Å². The Morgan fingerprint density at radius 2 is 1.71 bits per heavy atom. The number of aliphatic hydroxyl groups excluding tert-OH is 1. The van der Waals surface area contributed by atoms with Gasteiger partial charge in [-0.1, -0.05) is 6.58 Å². The third kappa shape index (κ3) is 2.81. The maximum absolute atomic E-state index is 9.95. The van der Waals surface area contributed by atoms with E-state index in [1.807, 2.05) is 0 Å². The molecule has 4 nitrogen and oxygen atoms in total. The van der Waals surface area contributed by atoms with Crippen LogP contribution in [0.3, 0.4) is 0 Å². The van der Waals surface area contributed by atoms with Crippen LogP contribution < -0.4 is 14.2 Å². The second-order valence-corrected chi connectivity index (χ2v) is 3.26. The van der Waals surface area contributed by atoms with Crippen molar-refractivity contribution < 1.29 is 19.3 Å². The van der Waals surface area contributed by atoms with Gasteiger partial charge in [-0.3, -0.25) is 0 Å². The lowest BCUT2D eigenvalue weighted by Gasteiger charge is -2.16. The Kier molecular flexibility index (Phi) is 4.64. The highest BCUT2D eigenvalue weighted by Gasteiger charge is 2.18. The lowest BCUT2D eigenvalue weighted by atomic mass is 10.1. The van der Waals surface area contributed by atoms with E-state index in [9.17, 15) is 5.11 Å². The molecule has 0 radical (unpaired) electrons. The number of hydrogen-bond acceptors (Lipinski definition) is 4. The Morgan fingerprint density at radius 3 is 2.06 bits per heavy atom. The van der Waals surface area contributed by atoms with Crippen molar-refractivity contribution in [3.8, 4) is 17.2 Å². The molecule has 0 saturated carbocycles. The predicted octanol–water partition coefficient (Wildman–Crippen LogP) is 2.09. The van der Waals surface area contributed by atoms with Gasteiger partial charge in [-0.05, 0) is 6.08 Å². The van der Waals surface area contributed by atoms with Gasteiger partial charge in [-0.15, -0.1) is 5.73 Å². The second-order valence-electron chi connectivity index (χ2n) is 3.26. The second kappa shape index (κ2) is 5.99. The summed E-state index contributed by atoms with van der Waals surface area (Å²) in [4.78, 5) is 0. The molecule has 1 rings (SSSR count). The van der Waals surface area contributed by atoms with Crippen molar-refractivity contribution in [1.29, 1.82) is 0 Å². The summed E-state index contributed by atoms with van der Waals surface area (Å²) in [6, 6.07) is 3.36. The van der Waals surface area contributed by atoms with Crippen LogP contribution in [0.1, 0.15) is 11.7 Å². The maximum atomic E-state index is 9.95. The molecule has 0 fully saturated rings. The first-order valence-corrected chi connectivity index (χ1v) is 5.01. The van der Waals surface area contributed by atoms with E-state index in [0.717, 1.165) is 0 Å². The van der Waals surface area contributed by atoms with Crippen LogP contribution in [-0.2, 0) is 0 Å². The molecule has 0 spiro atoms. The van der Waals surface area contributed by atoms with E-state index in [2.05, 4.69) is 12.3 Å². The van der Waals surface area contributed by atoms with Crippen molar-refractivity contribution in [2.75, 3.05) is 21.3 Å². The van der Waals surface area contributed by atoms with E-state index >= 15 is 0 Å². The summed E-state index contributed by atoms with van der Waals surface area (Å²) in [7, 11) is 4.58. The van der Waals surface area contributed by atoms with Gasteiger partial charge in [0.2, 0.25) is 0 Å². The smallest absolute Gasteiger partial charge is 0.132 e. The molecular weight excluding hydrogens is 220 g/mol. The number of ether oxygens (including phenoxy) is 3. The van der Waals surface area contributed by atoms with Crippen molar-refractivity contribution in [2.45, 2.75) is 6.10 Å². The molecule has 0 aliphatic heterocycles. The van der Waals surface area contributed by atoms with Crippen LogP contribution in [0.25, 0.3) is 0 Å². The first-order chi connectivity index (χ1) is 8.17. The van der Waals surface area contributed by atoms with Crippen LogP contribution in [0, 0.1) is 0 Å². The minimum atomic E-state index is -0.886. The van der Waals surface area contributed by atoms with Gasteiger partial charge in [0.15, 0.2) is 0 Å². The zero-order valence-electron chi connectivity index (χ0n) is 10.2. The molecule has 0 amide bonds. The molecule has 4 heteroatoms. The zero-order chi connectivity index (χ0) is 12.8. The van der Waals surface area contributed by atoms with E-state index in [1.165, 1.54) is 20.3 Å². The topological polar surface area (TPSA) is 47.9 Å². The summed E-state index contributed by atoms with van der Waals surface area (Å²) < 4.78 is 15.5. The first-order valence-electron chi connectivity index (χ1n) is 5.01. The highest BCUT2D eigenvalue weighted by atomic mass is 16.5. The van der Waals surface area contributed by atoms with Crippen LogP contribution in [0.15, 0.2) is 30.5 Å². The number of rotatable bonds is 5. The molecular formula is C13H16O4. The molecule has 0 aliphatic carbocycles.